The number of ether oxygens (including phenoxy) is 2. The van der Waals surface area contributed by atoms with E-state index in [2.05, 4.69) is 5.32 Å². The van der Waals surface area contributed by atoms with Crippen molar-refractivity contribution in [3.8, 4) is 5.75 Å². The van der Waals surface area contributed by atoms with Crippen LogP contribution in [-0.2, 0) is 9.53 Å². The number of rotatable bonds is 11. The average Bonchev–Trinajstić information content (AvgIpc) is 2.51. The highest BCUT2D eigenvalue weighted by molar-refractivity contribution is 5.75. The predicted molar refractivity (Wildman–Crippen MR) is 78.7 cm³/mol. The standard InChI is InChI=1S/C14H20N2O6/c17-8-11-21-10-7-15-14(18)6-3-9-22-13-5-2-1-4-12(13)16(19)20/h1-2,4-5,17H,3,6-11H2,(H,15,18). The summed E-state index contributed by atoms with van der Waals surface area (Å²) in [6, 6.07) is 6.11. The molecule has 0 aromatic heterocycles. The first kappa shape index (κ1) is 17.9. The molecule has 0 aliphatic heterocycles. The molecule has 0 fully saturated rings. The fourth-order valence-corrected chi connectivity index (χ4v) is 1.66. The van der Waals surface area contributed by atoms with E-state index in [4.69, 9.17) is 14.6 Å². The Balaban J connectivity index is 2.17. The summed E-state index contributed by atoms with van der Waals surface area (Å²) in [6.07, 6.45) is 0.718. The van der Waals surface area contributed by atoms with Gasteiger partial charge in [0.15, 0.2) is 5.75 Å². The Labute approximate surface area is 128 Å². The lowest BCUT2D eigenvalue weighted by atomic mass is 10.3. The predicted octanol–water partition coefficient (Wildman–Crippen LogP) is 0.879. The van der Waals surface area contributed by atoms with Crippen LogP contribution in [0.15, 0.2) is 24.3 Å². The number of nitro benzene ring substituents is 1. The molecule has 0 unspecified atom stereocenters. The Hall–Kier alpha value is -2.19. The topological polar surface area (TPSA) is 111 Å². The molecule has 0 bridgehead atoms. The van der Waals surface area contributed by atoms with Crippen molar-refractivity contribution >= 4 is 11.6 Å². The Morgan fingerprint density at radius 3 is 2.77 bits per heavy atom. The van der Waals surface area contributed by atoms with Crippen molar-refractivity contribution in [3.63, 3.8) is 0 Å². The number of amides is 1. The van der Waals surface area contributed by atoms with Gasteiger partial charge in [0.25, 0.3) is 0 Å². The van der Waals surface area contributed by atoms with Crippen molar-refractivity contribution in [2.45, 2.75) is 12.8 Å². The van der Waals surface area contributed by atoms with Gasteiger partial charge in [-0.3, -0.25) is 14.9 Å². The lowest BCUT2D eigenvalue weighted by molar-refractivity contribution is -0.385. The molecule has 0 aliphatic carbocycles. The van der Waals surface area contributed by atoms with Gasteiger partial charge in [-0.25, -0.2) is 0 Å². The van der Waals surface area contributed by atoms with Gasteiger partial charge in [-0.05, 0) is 12.5 Å². The van der Waals surface area contributed by atoms with Crippen molar-refractivity contribution in [1.82, 2.24) is 5.32 Å². The number of benzene rings is 1. The molecule has 0 spiro atoms. The minimum absolute atomic E-state index is 0.0447. The second-order valence-corrected chi connectivity index (χ2v) is 4.36. The van der Waals surface area contributed by atoms with Gasteiger partial charge in [0.05, 0.1) is 31.4 Å². The first-order valence-corrected chi connectivity index (χ1v) is 6.96. The van der Waals surface area contributed by atoms with Crippen LogP contribution >= 0.6 is 0 Å². The third kappa shape index (κ3) is 7.00. The van der Waals surface area contributed by atoms with Gasteiger partial charge in [0.1, 0.15) is 0 Å². The highest BCUT2D eigenvalue weighted by atomic mass is 16.6. The maximum absolute atomic E-state index is 11.5. The average molecular weight is 312 g/mol. The summed E-state index contributed by atoms with van der Waals surface area (Å²) in [7, 11) is 0. The maximum atomic E-state index is 11.5. The van der Waals surface area contributed by atoms with Crippen LogP contribution in [0.4, 0.5) is 5.69 Å². The molecule has 1 aromatic carbocycles. The number of carbonyl (C=O) groups excluding carboxylic acids is 1. The second-order valence-electron chi connectivity index (χ2n) is 4.36. The summed E-state index contributed by atoms with van der Waals surface area (Å²) in [6.45, 7) is 1.15. The fraction of sp³-hybridized carbons (Fsp3) is 0.500. The zero-order valence-corrected chi connectivity index (χ0v) is 12.2. The minimum Gasteiger partial charge on any atom is -0.487 e. The maximum Gasteiger partial charge on any atom is 0.310 e. The molecule has 0 saturated heterocycles. The third-order valence-electron chi connectivity index (χ3n) is 2.67. The molecule has 2 N–H and O–H groups in total. The molecule has 0 aliphatic rings. The van der Waals surface area contributed by atoms with Crippen molar-refractivity contribution in [2.24, 2.45) is 0 Å². The first-order chi connectivity index (χ1) is 10.6. The lowest BCUT2D eigenvalue weighted by Crippen LogP contribution is -2.27. The first-order valence-electron chi connectivity index (χ1n) is 6.96. The van der Waals surface area contributed by atoms with E-state index in [1.165, 1.54) is 12.1 Å². The molecular formula is C14H20N2O6. The van der Waals surface area contributed by atoms with Crippen LogP contribution in [0.2, 0.25) is 0 Å². The summed E-state index contributed by atoms with van der Waals surface area (Å²) in [5, 5.41) is 21.9. The van der Waals surface area contributed by atoms with Crippen molar-refractivity contribution in [2.75, 3.05) is 33.0 Å². The van der Waals surface area contributed by atoms with Crippen LogP contribution in [0.5, 0.6) is 5.75 Å². The Kier molecular flexibility index (Phi) is 8.54. The molecule has 22 heavy (non-hydrogen) atoms. The summed E-state index contributed by atoms with van der Waals surface area (Å²) in [5.74, 6) is 0.0593. The summed E-state index contributed by atoms with van der Waals surface area (Å²) < 4.78 is 10.3. The molecule has 0 radical (unpaired) electrons. The van der Waals surface area contributed by atoms with Crippen LogP contribution in [0.25, 0.3) is 0 Å². The number of para-hydroxylation sites is 2. The highest BCUT2D eigenvalue weighted by Gasteiger charge is 2.13. The molecule has 1 rings (SSSR count). The minimum atomic E-state index is -0.506. The third-order valence-corrected chi connectivity index (χ3v) is 2.67. The zero-order chi connectivity index (χ0) is 16.2. The molecule has 0 heterocycles. The Morgan fingerprint density at radius 2 is 2.05 bits per heavy atom. The monoisotopic (exact) mass is 312 g/mol. The van der Waals surface area contributed by atoms with Gasteiger partial charge >= 0.3 is 5.69 Å². The molecule has 122 valence electrons. The van der Waals surface area contributed by atoms with Gasteiger partial charge in [-0.2, -0.15) is 0 Å². The van der Waals surface area contributed by atoms with E-state index in [9.17, 15) is 14.9 Å². The van der Waals surface area contributed by atoms with E-state index in [1.54, 1.807) is 12.1 Å². The van der Waals surface area contributed by atoms with E-state index < -0.39 is 4.92 Å². The molecule has 0 saturated carbocycles. The van der Waals surface area contributed by atoms with Crippen LogP contribution in [0, 0.1) is 10.1 Å². The SMILES string of the molecule is O=C(CCCOc1ccccc1[N+](=O)[O-])NCCOCCO. The number of hydrogen-bond acceptors (Lipinski definition) is 6. The number of aliphatic hydroxyl groups is 1. The number of nitrogens with one attached hydrogen (secondary N) is 1. The number of nitrogens with zero attached hydrogens (tertiary/aromatic N) is 1. The molecule has 8 nitrogen and oxygen atoms in total. The summed E-state index contributed by atoms with van der Waals surface area (Å²) in [5.41, 5.74) is -0.0898. The van der Waals surface area contributed by atoms with Gasteiger partial charge < -0.3 is 19.9 Å². The fourth-order valence-electron chi connectivity index (χ4n) is 1.66. The number of carbonyl (C=O) groups is 1. The molecule has 1 amide bonds. The quantitative estimate of drug-likeness (QED) is 0.356. The van der Waals surface area contributed by atoms with E-state index in [-0.39, 0.29) is 43.6 Å². The molecule has 0 atom stereocenters. The van der Waals surface area contributed by atoms with Gasteiger partial charge in [0.2, 0.25) is 5.91 Å². The van der Waals surface area contributed by atoms with Crippen molar-refractivity contribution < 1.29 is 24.3 Å². The van der Waals surface area contributed by atoms with Crippen LogP contribution < -0.4 is 10.1 Å². The second kappa shape index (κ2) is 10.5. The summed E-state index contributed by atoms with van der Waals surface area (Å²) in [4.78, 5) is 21.8. The summed E-state index contributed by atoms with van der Waals surface area (Å²) >= 11 is 0. The number of aliphatic hydroxyl groups excluding tert-OH is 1. The highest BCUT2D eigenvalue weighted by Crippen LogP contribution is 2.25. The van der Waals surface area contributed by atoms with Crippen LogP contribution in [0.1, 0.15) is 12.8 Å². The molecule has 1 aromatic rings. The van der Waals surface area contributed by atoms with Crippen molar-refractivity contribution in [1.29, 1.82) is 0 Å². The number of nitro groups is 1. The van der Waals surface area contributed by atoms with Gasteiger partial charge in [-0.1, -0.05) is 12.1 Å². The Morgan fingerprint density at radius 1 is 1.27 bits per heavy atom. The Bertz CT molecular complexity index is 480. The van der Waals surface area contributed by atoms with E-state index in [0.29, 0.717) is 19.6 Å². The molecule has 8 heteroatoms. The van der Waals surface area contributed by atoms with Crippen LogP contribution in [-0.4, -0.2) is 48.9 Å². The smallest absolute Gasteiger partial charge is 0.310 e. The lowest BCUT2D eigenvalue weighted by Gasteiger charge is -2.07. The number of hydrogen-bond donors (Lipinski definition) is 2. The van der Waals surface area contributed by atoms with Crippen LogP contribution in [0.3, 0.4) is 0 Å². The van der Waals surface area contributed by atoms with E-state index >= 15 is 0 Å². The van der Waals surface area contributed by atoms with Gasteiger partial charge in [0, 0.05) is 19.0 Å². The van der Waals surface area contributed by atoms with E-state index in [1.807, 2.05) is 0 Å². The normalized spacial score (nSPS) is 10.2. The largest absolute Gasteiger partial charge is 0.487 e. The van der Waals surface area contributed by atoms with Crippen molar-refractivity contribution in [3.05, 3.63) is 34.4 Å². The zero-order valence-electron chi connectivity index (χ0n) is 12.2. The van der Waals surface area contributed by atoms with Gasteiger partial charge in [-0.15, -0.1) is 0 Å². The van der Waals surface area contributed by atoms with E-state index in [0.717, 1.165) is 0 Å². The molecular weight excluding hydrogens is 292 g/mol.